The Morgan fingerprint density at radius 1 is 0.969 bits per heavy atom. The van der Waals surface area contributed by atoms with Crippen molar-refractivity contribution in [1.82, 2.24) is 14.3 Å². The van der Waals surface area contributed by atoms with Crippen molar-refractivity contribution in [3.8, 4) is 0 Å². The third-order valence-corrected chi connectivity index (χ3v) is 5.83. The molecule has 4 amide bonds. The van der Waals surface area contributed by atoms with Crippen LogP contribution in [0.1, 0.15) is 5.56 Å². The van der Waals surface area contributed by atoms with Gasteiger partial charge in [0.05, 0.1) is 0 Å². The van der Waals surface area contributed by atoms with E-state index in [1.165, 1.54) is 11.5 Å². The van der Waals surface area contributed by atoms with Crippen LogP contribution in [-0.2, 0) is 0 Å². The van der Waals surface area contributed by atoms with Crippen LogP contribution in [0.15, 0.2) is 48.5 Å². The third kappa shape index (κ3) is 5.24. The molecule has 0 radical (unpaired) electrons. The minimum Gasteiger partial charge on any atom is -0.367 e. The van der Waals surface area contributed by atoms with Crippen LogP contribution in [0.5, 0.6) is 0 Å². The first kappa shape index (κ1) is 21.4. The molecule has 1 saturated heterocycles. The first-order valence-corrected chi connectivity index (χ1v) is 10.9. The fourth-order valence-corrected chi connectivity index (χ4v) is 3.95. The number of nitrogens with one attached hydrogen (secondary N) is 3. The van der Waals surface area contributed by atoms with Crippen molar-refractivity contribution in [2.75, 3.05) is 52.8 Å². The number of nitrogen functional groups attached to an aromatic ring is 1. The number of hydrogen-bond donors (Lipinski definition) is 4. The summed E-state index contributed by atoms with van der Waals surface area (Å²) in [5.41, 5.74) is 8.42. The minimum atomic E-state index is -0.356. The van der Waals surface area contributed by atoms with Crippen molar-refractivity contribution in [3.05, 3.63) is 54.1 Å². The Morgan fingerprint density at radius 2 is 1.69 bits per heavy atom. The Labute approximate surface area is 189 Å². The van der Waals surface area contributed by atoms with Gasteiger partial charge in [0.2, 0.25) is 11.1 Å². The lowest BCUT2D eigenvalue weighted by Gasteiger charge is -2.34. The largest absolute Gasteiger partial charge is 0.367 e. The van der Waals surface area contributed by atoms with Gasteiger partial charge >= 0.3 is 12.1 Å². The van der Waals surface area contributed by atoms with Crippen LogP contribution in [0.2, 0.25) is 0 Å². The second-order valence-corrected chi connectivity index (χ2v) is 8.04. The number of rotatable bonds is 4. The highest BCUT2D eigenvalue weighted by molar-refractivity contribution is 7.09. The fraction of sp³-hybridized carbons (Fsp3) is 0.238. The smallest absolute Gasteiger partial charge is 0.323 e. The fourth-order valence-electron chi connectivity index (χ4n) is 3.30. The molecule has 2 heterocycles. The summed E-state index contributed by atoms with van der Waals surface area (Å²) in [5.74, 6) is 0.270. The topological polar surface area (TPSA) is 129 Å². The van der Waals surface area contributed by atoms with Crippen molar-refractivity contribution in [3.63, 3.8) is 0 Å². The van der Waals surface area contributed by atoms with E-state index in [9.17, 15) is 9.59 Å². The van der Waals surface area contributed by atoms with E-state index in [1.807, 2.05) is 31.2 Å². The summed E-state index contributed by atoms with van der Waals surface area (Å²) in [6.07, 6.45) is 0. The van der Waals surface area contributed by atoms with Crippen LogP contribution < -0.4 is 26.6 Å². The highest BCUT2D eigenvalue weighted by atomic mass is 32.1. The predicted molar refractivity (Wildman–Crippen MR) is 127 cm³/mol. The Bertz CT molecular complexity index is 1100. The van der Waals surface area contributed by atoms with E-state index in [4.69, 9.17) is 5.73 Å². The Hall–Kier alpha value is -3.86. The maximum Gasteiger partial charge on any atom is 0.323 e. The zero-order valence-electron chi connectivity index (χ0n) is 17.5. The van der Waals surface area contributed by atoms with Gasteiger partial charge in [-0.25, -0.2) is 9.59 Å². The molecule has 11 heteroatoms. The van der Waals surface area contributed by atoms with E-state index < -0.39 is 0 Å². The molecule has 32 heavy (non-hydrogen) atoms. The van der Waals surface area contributed by atoms with Gasteiger partial charge in [-0.2, -0.15) is 9.36 Å². The highest BCUT2D eigenvalue weighted by Crippen LogP contribution is 2.23. The number of hydrogen-bond acceptors (Lipinski definition) is 7. The molecule has 0 aliphatic carbocycles. The van der Waals surface area contributed by atoms with Gasteiger partial charge in [0.1, 0.15) is 0 Å². The van der Waals surface area contributed by atoms with Crippen LogP contribution in [-0.4, -0.2) is 52.5 Å². The zero-order valence-corrected chi connectivity index (χ0v) is 18.4. The van der Waals surface area contributed by atoms with Crippen molar-refractivity contribution < 1.29 is 9.59 Å². The number of anilines is 5. The van der Waals surface area contributed by atoms with Crippen LogP contribution in [0, 0.1) is 6.92 Å². The number of nitrogens with two attached hydrogens (primary N) is 1. The number of aryl methyl sites for hydroxylation is 1. The number of urea groups is 2. The average Bonchev–Trinajstić information content (AvgIpc) is 3.23. The lowest BCUT2D eigenvalue weighted by atomic mass is 10.2. The van der Waals surface area contributed by atoms with Crippen LogP contribution >= 0.6 is 11.5 Å². The van der Waals surface area contributed by atoms with E-state index >= 15 is 0 Å². The molecule has 0 unspecified atom stereocenters. The zero-order chi connectivity index (χ0) is 22.5. The summed E-state index contributed by atoms with van der Waals surface area (Å²) in [7, 11) is 0. The van der Waals surface area contributed by atoms with Crippen molar-refractivity contribution in [1.29, 1.82) is 0 Å². The second-order valence-electron chi connectivity index (χ2n) is 7.31. The molecule has 1 fully saturated rings. The van der Waals surface area contributed by atoms with Gasteiger partial charge in [-0.1, -0.05) is 24.3 Å². The van der Waals surface area contributed by atoms with Gasteiger partial charge in [0.15, 0.2) is 0 Å². The number of aromatic nitrogens is 2. The van der Waals surface area contributed by atoms with Gasteiger partial charge in [-0.15, -0.1) is 0 Å². The molecular weight excluding hydrogens is 428 g/mol. The van der Waals surface area contributed by atoms with Crippen LogP contribution in [0.4, 0.5) is 37.7 Å². The minimum absolute atomic E-state index is 0.185. The number of carbonyl (C=O) groups is 2. The molecule has 1 aliphatic heterocycles. The molecule has 0 bridgehead atoms. The summed E-state index contributed by atoms with van der Waals surface area (Å²) < 4.78 is 4.00. The Morgan fingerprint density at radius 3 is 2.38 bits per heavy atom. The summed E-state index contributed by atoms with van der Waals surface area (Å²) >= 11 is 1.26. The number of amides is 4. The number of carbonyl (C=O) groups excluding carboxylic acids is 2. The van der Waals surface area contributed by atoms with Crippen LogP contribution in [0.25, 0.3) is 0 Å². The van der Waals surface area contributed by atoms with E-state index in [2.05, 4.69) is 30.2 Å². The molecule has 1 aromatic heterocycles. The summed E-state index contributed by atoms with van der Waals surface area (Å²) in [5, 5.41) is 9.29. The molecule has 1 aliphatic rings. The molecule has 0 saturated carbocycles. The highest BCUT2D eigenvalue weighted by Gasteiger charge is 2.23. The first-order chi connectivity index (χ1) is 15.5. The predicted octanol–water partition coefficient (Wildman–Crippen LogP) is 3.43. The van der Waals surface area contributed by atoms with E-state index in [-0.39, 0.29) is 18.0 Å². The molecule has 4 rings (SSSR count). The maximum atomic E-state index is 12.8. The Balaban J connectivity index is 1.33. The SMILES string of the molecule is Cc1ccc(NC(=O)Nc2ccccc2)cc1NC(=O)N1CCN(c2nc(N)ns2)CC1. The van der Waals surface area contributed by atoms with Crippen LogP contribution in [0.3, 0.4) is 0 Å². The van der Waals surface area contributed by atoms with E-state index in [0.717, 1.165) is 10.7 Å². The van der Waals surface area contributed by atoms with Gasteiger partial charge in [0, 0.05) is 54.8 Å². The molecule has 166 valence electrons. The van der Waals surface area contributed by atoms with Gasteiger partial charge in [-0.3, -0.25) is 0 Å². The molecule has 0 spiro atoms. The molecule has 2 aromatic carbocycles. The molecule has 5 N–H and O–H groups in total. The monoisotopic (exact) mass is 452 g/mol. The quantitative estimate of drug-likeness (QED) is 0.480. The normalized spacial score (nSPS) is 13.5. The van der Waals surface area contributed by atoms with Gasteiger partial charge in [-0.05, 0) is 36.8 Å². The van der Waals surface area contributed by atoms with Gasteiger partial charge in [0.25, 0.3) is 0 Å². The number of benzene rings is 2. The summed E-state index contributed by atoms with van der Waals surface area (Å²) in [6, 6.07) is 14.0. The summed E-state index contributed by atoms with van der Waals surface area (Å²) in [6.45, 7) is 4.33. The second kappa shape index (κ2) is 9.52. The van der Waals surface area contributed by atoms with E-state index in [1.54, 1.807) is 29.2 Å². The molecule has 3 aromatic rings. The lowest BCUT2D eigenvalue weighted by molar-refractivity contribution is 0.208. The number of para-hydroxylation sites is 1. The maximum absolute atomic E-state index is 12.8. The summed E-state index contributed by atoms with van der Waals surface area (Å²) in [4.78, 5) is 33.1. The van der Waals surface area contributed by atoms with Crippen molar-refractivity contribution in [2.45, 2.75) is 6.92 Å². The first-order valence-electron chi connectivity index (χ1n) is 10.1. The van der Waals surface area contributed by atoms with Crippen molar-refractivity contribution >= 4 is 51.7 Å². The molecule has 10 nitrogen and oxygen atoms in total. The van der Waals surface area contributed by atoms with Gasteiger partial charge < -0.3 is 31.5 Å². The van der Waals surface area contributed by atoms with E-state index in [0.29, 0.717) is 43.2 Å². The number of piperazine rings is 1. The average molecular weight is 453 g/mol. The standard InChI is InChI=1S/C21H24N8O2S/c1-14-7-8-16(24-19(30)23-15-5-3-2-4-6-15)13-17(14)25-20(31)28-9-11-29(12-10-28)21-26-18(22)27-32-21/h2-8,13H,9-12H2,1H3,(H2,22,27)(H,25,31)(H2,23,24,30). The number of nitrogens with zero attached hydrogens (tertiary/aromatic N) is 4. The third-order valence-electron chi connectivity index (χ3n) is 5.04. The molecular formula is C21H24N8O2S. The molecule has 0 atom stereocenters. The Kier molecular flexibility index (Phi) is 6.36. The van der Waals surface area contributed by atoms with Crippen molar-refractivity contribution in [2.24, 2.45) is 0 Å². The lowest BCUT2D eigenvalue weighted by Crippen LogP contribution is -2.50.